The van der Waals surface area contributed by atoms with Gasteiger partial charge < -0.3 is 15.3 Å². The van der Waals surface area contributed by atoms with Crippen molar-refractivity contribution in [3.8, 4) is 0 Å². The number of hydrogen-bond donors (Lipinski definition) is 3. The van der Waals surface area contributed by atoms with E-state index in [0.717, 1.165) is 17.4 Å². The summed E-state index contributed by atoms with van der Waals surface area (Å²) in [5, 5.41) is 24.7. The molecule has 0 aliphatic carbocycles. The van der Waals surface area contributed by atoms with Crippen molar-refractivity contribution in [3.05, 3.63) is 38.0 Å². The molecule has 0 aliphatic rings. The van der Waals surface area contributed by atoms with Gasteiger partial charge in [-0.2, -0.15) is 0 Å². The number of hydrogen-bond acceptors (Lipinski definition) is 4. The predicted octanol–water partition coefficient (Wildman–Crippen LogP) is 1.54. The molecule has 3 unspecified atom stereocenters. The Kier molecular flexibility index (Phi) is 36.7. The third kappa shape index (κ3) is 93.6. The van der Waals surface area contributed by atoms with Crippen molar-refractivity contribution < 1.29 is 36.4 Å². The second kappa shape index (κ2) is 24.6. The normalized spacial score (nSPS) is 12.5. The summed E-state index contributed by atoms with van der Waals surface area (Å²) < 4.78 is 8.19. The van der Waals surface area contributed by atoms with Crippen molar-refractivity contribution in [2.75, 3.05) is 0 Å². The molecule has 0 rings (SSSR count). The van der Waals surface area contributed by atoms with E-state index in [4.69, 9.17) is 19.0 Å². The Bertz CT molecular complexity index is 139. The zero-order valence-corrected chi connectivity index (χ0v) is 12.2. The average Bonchev–Trinajstić information content (AvgIpc) is 2.32. The minimum atomic E-state index is -0.352. The van der Waals surface area contributed by atoms with Crippen molar-refractivity contribution in [1.82, 2.24) is 0 Å². The van der Waals surface area contributed by atoms with Gasteiger partial charge in [0.1, 0.15) is 0 Å². The maximum atomic E-state index is 8.24. The molecule has 5 heteroatoms. The minimum absolute atomic E-state index is 0.352. The Morgan fingerprint density at radius 2 is 0.824 bits per heavy atom. The summed E-state index contributed by atoms with van der Waals surface area (Å²) in [5.74, 6) is 0. The standard InChI is InChI=1S/3C4H8O.O.V/c3*1-3-4(2)5;;/h3*3-5H,1H2,2H3;;. The maximum absolute atomic E-state index is 8.24. The van der Waals surface area contributed by atoms with Crippen LogP contribution in [-0.2, 0) is 21.0 Å². The Labute approximate surface area is 114 Å². The van der Waals surface area contributed by atoms with Crippen molar-refractivity contribution in [2.24, 2.45) is 0 Å². The van der Waals surface area contributed by atoms with E-state index in [1.54, 1.807) is 20.8 Å². The van der Waals surface area contributed by atoms with Gasteiger partial charge in [0, 0.05) is 0 Å². The van der Waals surface area contributed by atoms with E-state index < -0.39 is 0 Å². The first-order chi connectivity index (χ1) is 7.81. The first-order valence-electron chi connectivity index (χ1n) is 4.91. The fourth-order valence-electron chi connectivity index (χ4n) is 0. The van der Waals surface area contributed by atoms with Gasteiger partial charge in [-0.1, -0.05) is 18.2 Å². The molecule has 0 saturated heterocycles. The zero-order chi connectivity index (χ0) is 14.9. The van der Waals surface area contributed by atoms with Gasteiger partial charge in [-0.05, 0) is 20.8 Å². The zero-order valence-electron chi connectivity index (χ0n) is 10.8. The first kappa shape index (κ1) is 25.4. The van der Waals surface area contributed by atoms with Crippen LogP contribution < -0.4 is 0 Å². The van der Waals surface area contributed by atoms with Crippen LogP contribution in [0.15, 0.2) is 38.0 Å². The van der Waals surface area contributed by atoms with Gasteiger partial charge >= 0.3 is 21.0 Å². The molecule has 0 aromatic carbocycles. The summed E-state index contributed by atoms with van der Waals surface area (Å²) in [7, 11) is 0. The second-order valence-corrected chi connectivity index (χ2v) is 2.93. The van der Waals surface area contributed by atoms with E-state index in [-0.39, 0.29) is 18.3 Å². The summed E-state index contributed by atoms with van der Waals surface area (Å²) in [6, 6.07) is 0. The van der Waals surface area contributed by atoms with Crippen LogP contribution in [0.3, 0.4) is 0 Å². The van der Waals surface area contributed by atoms with Crippen LogP contribution in [0.25, 0.3) is 0 Å². The molecule has 0 spiro atoms. The van der Waals surface area contributed by atoms with E-state index >= 15 is 0 Å². The molecule has 0 heterocycles. The topological polar surface area (TPSA) is 77.8 Å². The SMILES string of the molecule is C=CC(C)O.C=CC(C)O.C=CC(C)O.[O]=[V]. The molecule has 0 aromatic heterocycles. The van der Waals surface area contributed by atoms with Gasteiger partial charge in [0.15, 0.2) is 0 Å². The fraction of sp³-hybridized carbons (Fsp3) is 0.500. The molecule has 0 radical (unpaired) electrons. The Balaban J connectivity index is -0.0000000693. The fourth-order valence-corrected chi connectivity index (χ4v) is 0. The van der Waals surface area contributed by atoms with Crippen molar-refractivity contribution in [1.29, 1.82) is 0 Å². The molecule has 0 bridgehead atoms. The molecule has 17 heavy (non-hydrogen) atoms. The van der Waals surface area contributed by atoms with Crippen LogP contribution in [0.2, 0.25) is 0 Å². The van der Waals surface area contributed by atoms with E-state index in [0.29, 0.717) is 0 Å². The quantitative estimate of drug-likeness (QED) is 0.687. The van der Waals surface area contributed by atoms with Crippen LogP contribution in [0.4, 0.5) is 0 Å². The van der Waals surface area contributed by atoms with Gasteiger partial charge in [0.2, 0.25) is 0 Å². The molecule has 0 fully saturated rings. The molecule has 0 amide bonds. The van der Waals surface area contributed by atoms with E-state index in [1.165, 1.54) is 18.2 Å². The molecule has 4 nitrogen and oxygen atoms in total. The monoisotopic (exact) mass is 283 g/mol. The number of aliphatic hydroxyl groups is 3. The Hall–Kier alpha value is -0.516. The van der Waals surface area contributed by atoms with Gasteiger partial charge in [-0.25, -0.2) is 0 Å². The summed E-state index contributed by atoms with van der Waals surface area (Å²) in [5.41, 5.74) is 0. The number of rotatable bonds is 3. The summed E-state index contributed by atoms with van der Waals surface area (Å²) in [4.78, 5) is 0. The van der Waals surface area contributed by atoms with Crippen molar-refractivity contribution in [2.45, 2.75) is 39.1 Å². The van der Waals surface area contributed by atoms with Crippen molar-refractivity contribution in [3.63, 3.8) is 0 Å². The Morgan fingerprint density at radius 1 is 0.765 bits per heavy atom. The van der Waals surface area contributed by atoms with Crippen LogP contribution in [0.1, 0.15) is 20.8 Å². The molecular formula is C12H24O4V. The third-order valence-electron chi connectivity index (χ3n) is 1.02. The molecule has 3 N–H and O–H groups in total. The average molecular weight is 283 g/mol. The molecule has 101 valence electrons. The van der Waals surface area contributed by atoms with E-state index in [9.17, 15) is 0 Å². The van der Waals surface area contributed by atoms with Gasteiger partial charge in [-0.15, -0.1) is 19.7 Å². The van der Waals surface area contributed by atoms with Crippen LogP contribution in [0, 0.1) is 0 Å². The molecule has 0 saturated carbocycles. The van der Waals surface area contributed by atoms with E-state index in [2.05, 4.69) is 19.7 Å². The summed E-state index contributed by atoms with van der Waals surface area (Å²) in [6.07, 6.45) is 3.36. The van der Waals surface area contributed by atoms with Gasteiger partial charge in [0.25, 0.3) is 0 Å². The van der Waals surface area contributed by atoms with Crippen LogP contribution in [0.5, 0.6) is 0 Å². The molecular weight excluding hydrogens is 259 g/mol. The third-order valence-corrected chi connectivity index (χ3v) is 1.02. The number of aliphatic hydroxyl groups excluding tert-OH is 3. The Morgan fingerprint density at radius 3 is 0.824 bits per heavy atom. The predicted molar refractivity (Wildman–Crippen MR) is 66.3 cm³/mol. The summed E-state index contributed by atoms with van der Waals surface area (Å²) >= 11 is 1.06. The van der Waals surface area contributed by atoms with Gasteiger partial charge in [-0.3, -0.25) is 0 Å². The van der Waals surface area contributed by atoms with Crippen LogP contribution >= 0.6 is 0 Å². The first-order valence-corrected chi connectivity index (χ1v) is 5.48. The van der Waals surface area contributed by atoms with Gasteiger partial charge in [0.05, 0.1) is 18.3 Å². The second-order valence-electron chi connectivity index (χ2n) is 2.93. The molecule has 3 atom stereocenters. The van der Waals surface area contributed by atoms with E-state index in [1.807, 2.05) is 0 Å². The van der Waals surface area contributed by atoms with Crippen LogP contribution in [-0.4, -0.2) is 33.6 Å². The van der Waals surface area contributed by atoms with Crippen molar-refractivity contribution >= 4 is 0 Å². The molecule has 0 aliphatic heterocycles. The molecule has 0 aromatic rings. The summed E-state index contributed by atoms with van der Waals surface area (Å²) in [6.45, 7) is 14.9.